The Labute approximate surface area is 137 Å². The molecule has 1 amide bonds. The van der Waals surface area contributed by atoms with E-state index in [4.69, 9.17) is 9.88 Å². The van der Waals surface area contributed by atoms with Crippen molar-refractivity contribution >= 4 is 33.3 Å². The topological polar surface area (TPSA) is 98.5 Å². The first kappa shape index (κ1) is 16.2. The van der Waals surface area contributed by atoms with E-state index in [0.29, 0.717) is 17.0 Å². The number of primary sulfonamides is 1. The van der Waals surface area contributed by atoms with E-state index in [0.717, 1.165) is 0 Å². The second-order valence-electron chi connectivity index (χ2n) is 5.15. The molecule has 3 rings (SSSR count). The predicted molar refractivity (Wildman–Crippen MR) is 87.3 cm³/mol. The summed E-state index contributed by atoms with van der Waals surface area (Å²) in [5.74, 6) is -0.564. The van der Waals surface area contributed by atoms with E-state index in [9.17, 15) is 17.6 Å². The number of rotatable bonds is 3. The molecule has 0 spiro atoms. The number of nitrogens with two attached hydrogens (primary N) is 1. The molecule has 0 atom stereocenters. The van der Waals surface area contributed by atoms with E-state index in [2.05, 4.69) is 5.32 Å². The molecule has 0 aliphatic carbocycles. The van der Waals surface area contributed by atoms with Crippen LogP contribution >= 0.6 is 0 Å². The number of ether oxygens (including phenoxy) is 1. The average Bonchev–Trinajstić information content (AvgIpc) is 2.83. The standard InChI is InChI=1S/C16H13FN2O4S/c1-23-10-2-4-14(17)9(6-10)7-13-12-8-11(24(18,21)22)3-5-15(12)19-16(13)20/h2-8H,1H3,(H,19,20)(H2,18,21,22)/b13-7-. The molecule has 0 aromatic heterocycles. The van der Waals surface area contributed by atoms with Gasteiger partial charge >= 0.3 is 0 Å². The third kappa shape index (κ3) is 2.89. The van der Waals surface area contributed by atoms with E-state index < -0.39 is 21.7 Å². The maximum absolute atomic E-state index is 14.0. The van der Waals surface area contributed by atoms with Crippen molar-refractivity contribution in [3.63, 3.8) is 0 Å². The van der Waals surface area contributed by atoms with E-state index in [1.165, 1.54) is 49.6 Å². The maximum Gasteiger partial charge on any atom is 0.256 e. The third-order valence-corrected chi connectivity index (χ3v) is 4.52. The van der Waals surface area contributed by atoms with Crippen molar-refractivity contribution in [1.82, 2.24) is 0 Å². The van der Waals surface area contributed by atoms with Crippen molar-refractivity contribution in [1.29, 1.82) is 0 Å². The van der Waals surface area contributed by atoms with Crippen molar-refractivity contribution < 1.29 is 22.3 Å². The van der Waals surface area contributed by atoms with E-state index in [1.807, 2.05) is 0 Å². The lowest BCUT2D eigenvalue weighted by molar-refractivity contribution is -0.110. The van der Waals surface area contributed by atoms with Crippen LogP contribution in [-0.4, -0.2) is 21.4 Å². The first-order valence-corrected chi connectivity index (χ1v) is 8.38. The summed E-state index contributed by atoms with van der Waals surface area (Å²) in [6.45, 7) is 0. The van der Waals surface area contributed by atoms with Crippen LogP contribution in [0.1, 0.15) is 11.1 Å². The molecule has 1 heterocycles. The highest BCUT2D eigenvalue weighted by molar-refractivity contribution is 7.89. The van der Waals surface area contributed by atoms with Gasteiger partial charge < -0.3 is 10.1 Å². The van der Waals surface area contributed by atoms with Crippen molar-refractivity contribution in [3.8, 4) is 5.75 Å². The zero-order valence-electron chi connectivity index (χ0n) is 12.5. The molecule has 0 saturated heterocycles. The number of benzene rings is 2. The van der Waals surface area contributed by atoms with Gasteiger partial charge in [0.25, 0.3) is 5.91 Å². The number of halogens is 1. The largest absolute Gasteiger partial charge is 0.497 e. The minimum Gasteiger partial charge on any atom is -0.497 e. The first-order valence-electron chi connectivity index (χ1n) is 6.83. The fraction of sp³-hybridized carbons (Fsp3) is 0.0625. The van der Waals surface area contributed by atoms with Gasteiger partial charge in [-0.3, -0.25) is 4.79 Å². The van der Waals surface area contributed by atoms with Crippen LogP contribution in [-0.2, 0) is 14.8 Å². The van der Waals surface area contributed by atoms with Gasteiger partial charge in [-0.2, -0.15) is 0 Å². The highest BCUT2D eigenvalue weighted by Gasteiger charge is 2.26. The third-order valence-electron chi connectivity index (χ3n) is 3.61. The highest BCUT2D eigenvalue weighted by Crippen LogP contribution is 2.35. The quantitative estimate of drug-likeness (QED) is 0.829. The fourth-order valence-corrected chi connectivity index (χ4v) is 2.94. The lowest BCUT2D eigenvalue weighted by Crippen LogP contribution is -2.12. The molecular weight excluding hydrogens is 335 g/mol. The molecule has 24 heavy (non-hydrogen) atoms. The molecule has 8 heteroatoms. The van der Waals surface area contributed by atoms with Gasteiger partial charge in [-0.15, -0.1) is 0 Å². The maximum atomic E-state index is 14.0. The molecule has 3 N–H and O–H groups in total. The van der Waals surface area contributed by atoms with Crippen LogP contribution in [0.2, 0.25) is 0 Å². The summed E-state index contributed by atoms with van der Waals surface area (Å²) < 4.78 is 42.0. The molecule has 124 valence electrons. The van der Waals surface area contributed by atoms with Gasteiger partial charge in [-0.25, -0.2) is 17.9 Å². The number of carbonyl (C=O) groups excluding carboxylic acids is 1. The molecule has 0 radical (unpaired) electrons. The van der Waals surface area contributed by atoms with Crippen LogP contribution in [0.4, 0.5) is 10.1 Å². The number of fused-ring (bicyclic) bond motifs is 1. The van der Waals surface area contributed by atoms with Crippen molar-refractivity contribution in [2.45, 2.75) is 4.90 Å². The Morgan fingerprint density at radius 1 is 1.21 bits per heavy atom. The number of hydrogen-bond donors (Lipinski definition) is 2. The smallest absolute Gasteiger partial charge is 0.256 e. The monoisotopic (exact) mass is 348 g/mol. The second kappa shape index (κ2) is 5.73. The summed E-state index contributed by atoms with van der Waals surface area (Å²) in [7, 11) is -2.47. The molecule has 1 aliphatic rings. The SMILES string of the molecule is COc1ccc(F)c(/C=C2\C(=O)Nc3ccc(S(N)(=O)=O)cc32)c1. The van der Waals surface area contributed by atoms with Crippen LogP contribution in [0.15, 0.2) is 41.3 Å². The number of methoxy groups -OCH3 is 1. The van der Waals surface area contributed by atoms with Gasteiger partial charge in [-0.05, 0) is 42.5 Å². The van der Waals surface area contributed by atoms with Crippen molar-refractivity contribution in [3.05, 3.63) is 53.3 Å². The second-order valence-corrected chi connectivity index (χ2v) is 6.71. The van der Waals surface area contributed by atoms with Gasteiger partial charge in [0.05, 0.1) is 12.0 Å². The summed E-state index contributed by atoms with van der Waals surface area (Å²) in [4.78, 5) is 12.0. The molecule has 0 unspecified atom stereocenters. The molecular formula is C16H13FN2O4S. The fourth-order valence-electron chi connectivity index (χ4n) is 2.40. The number of hydrogen-bond acceptors (Lipinski definition) is 4. The molecule has 0 saturated carbocycles. The average molecular weight is 348 g/mol. The summed E-state index contributed by atoms with van der Waals surface area (Å²) in [5.41, 5.74) is 1.06. The number of amides is 1. The summed E-state index contributed by atoms with van der Waals surface area (Å²) in [6.07, 6.45) is 1.34. The summed E-state index contributed by atoms with van der Waals surface area (Å²) in [6, 6.07) is 8.14. The van der Waals surface area contributed by atoms with E-state index >= 15 is 0 Å². The summed E-state index contributed by atoms with van der Waals surface area (Å²) >= 11 is 0. The van der Waals surface area contributed by atoms with Gasteiger partial charge in [-0.1, -0.05) is 0 Å². The highest BCUT2D eigenvalue weighted by atomic mass is 32.2. The minimum atomic E-state index is -3.92. The number of anilines is 1. The first-order chi connectivity index (χ1) is 11.3. The lowest BCUT2D eigenvalue weighted by Gasteiger charge is -2.05. The van der Waals surface area contributed by atoms with Gasteiger partial charge in [0, 0.05) is 22.4 Å². The zero-order valence-corrected chi connectivity index (χ0v) is 13.4. The van der Waals surface area contributed by atoms with Crippen LogP contribution < -0.4 is 15.2 Å². The Hall–Kier alpha value is -2.71. The van der Waals surface area contributed by atoms with Crippen LogP contribution in [0.3, 0.4) is 0 Å². The van der Waals surface area contributed by atoms with Gasteiger partial charge in [0.15, 0.2) is 0 Å². The Morgan fingerprint density at radius 3 is 2.62 bits per heavy atom. The van der Waals surface area contributed by atoms with Crippen molar-refractivity contribution in [2.24, 2.45) is 5.14 Å². The molecule has 2 aromatic carbocycles. The molecule has 0 bridgehead atoms. The predicted octanol–water partition coefficient (Wildman–Crippen LogP) is 1.97. The Bertz CT molecular complexity index is 984. The Morgan fingerprint density at radius 2 is 1.96 bits per heavy atom. The molecule has 2 aromatic rings. The number of carbonyl (C=O) groups is 1. The Balaban J connectivity index is 2.16. The van der Waals surface area contributed by atoms with Gasteiger partial charge in [0.2, 0.25) is 10.0 Å². The molecule has 6 nitrogen and oxygen atoms in total. The number of sulfonamides is 1. The van der Waals surface area contributed by atoms with Crippen LogP contribution in [0, 0.1) is 5.82 Å². The van der Waals surface area contributed by atoms with E-state index in [-0.39, 0.29) is 16.0 Å². The number of nitrogens with one attached hydrogen (secondary N) is 1. The van der Waals surface area contributed by atoms with Crippen molar-refractivity contribution in [2.75, 3.05) is 12.4 Å². The molecule has 0 fully saturated rings. The normalized spacial score (nSPS) is 15.3. The summed E-state index contributed by atoms with van der Waals surface area (Å²) in [5, 5.41) is 7.71. The lowest BCUT2D eigenvalue weighted by atomic mass is 10.0. The van der Waals surface area contributed by atoms with Crippen LogP contribution in [0.25, 0.3) is 11.6 Å². The van der Waals surface area contributed by atoms with E-state index in [1.54, 1.807) is 0 Å². The van der Waals surface area contributed by atoms with Gasteiger partial charge in [0.1, 0.15) is 11.6 Å². The Kier molecular flexibility index (Phi) is 3.86. The van der Waals surface area contributed by atoms with Crippen LogP contribution in [0.5, 0.6) is 5.75 Å². The zero-order chi connectivity index (χ0) is 17.5. The minimum absolute atomic E-state index is 0.130. The molecule has 1 aliphatic heterocycles.